The summed E-state index contributed by atoms with van der Waals surface area (Å²) < 4.78 is 11.2. The fraction of sp³-hybridized carbons (Fsp3) is 0.375. The number of ether oxygens (including phenoxy) is 2. The number of nitrogens with zero attached hydrogens (tertiary/aromatic N) is 1. The molecule has 1 aromatic heterocycles. The molecule has 0 N–H and O–H groups in total. The minimum absolute atomic E-state index is 0.420. The maximum Gasteiger partial charge on any atom is 0.161 e. The van der Waals surface area contributed by atoms with Crippen LogP contribution in [0.1, 0.15) is 23.4 Å². The van der Waals surface area contributed by atoms with Gasteiger partial charge in [-0.2, -0.15) is 0 Å². The minimum Gasteiger partial charge on any atom is -0.486 e. The van der Waals surface area contributed by atoms with Crippen LogP contribution < -0.4 is 9.47 Å². The number of thiophene rings is 1. The van der Waals surface area contributed by atoms with Gasteiger partial charge in [-0.1, -0.05) is 12.1 Å². The molecule has 1 aliphatic heterocycles. The van der Waals surface area contributed by atoms with Gasteiger partial charge < -0.3 is 9.47 Å². The second-order valence-corrected chi connectivity index (χ2v) is 6.06. The third kappa shape index (κ3) is 2.81. The highest BCUT2D eigenvalue weighted by Crippen LogP contribution is 2.32. The van der Waals surface area contributed by atoms with Crippen LogP contribution in [0.25, 0.3) is 0 Å². The van der Waals surface area contributed by atoms with Crippen LogP contribution in [0.2, 0.25) is 0 Å². The van der Waals surface area contributed by atoms with E-state index in [-0.39, 0.29) is 0 Å². The second kappa shape index (κ2) is 5.85. The fourth-order valence-corrected chi connectivity index (χ4v) is 3.21. The Morgan fingerprint density at radius 3 is 2.75 bits per heavy atom. The van der Waals surface area contributed by atoms with Gasteiger partial charge in [-0.3, -0.25) is 4.90 Å². The normalized spacial score (nSPS) is 15.3. The van der Waals surface area contributed by atoms with Crippen molar-refractivity contribution in [2.75, 3.05) is 20.3 Å². The largest absolute Gasteiger partial charge is 0.486 e. The monoisotopic (exact) mass is 289 g/mol. The van der Waals surface area contributed by atoms with Gasteiger partial charge in [0.1, 0.15) is 13.2 Å². The molecule has 0 amide bonds. The van der Waals surface area contributed by atoms with Crippen molar-refractivity contribution in [1.82, 2.24) is 4.90 Å². The highest BCUT2D eigenvalue weighted by Gasteiger charge is 2.15. The predicted octanol–water partition coefficient (Wildman–Crippen LogP) is 3.71. The van der Waals surface area contributed by atoms with E-state index in [2.05, 4.69) is 48.5 Å². The van der Waals surface area contributed by atoms with Gasteiger partial charge in [-0.25, -0.2) is 0 Å². The Balaban J connectivity index is 1.71. The van der Waals surface area contributed by atoms with Gasteiger partial charge in [0, 0.05) is 17.5 Å². The van der Waals surface area contributed by atoms with E-state index in [4.69, 9.17) is 9.47 Å². The molecule has 2 aromatic rings. The predicted molar refractivity (Wildman–Crippen MR) is 81.6 cm³/mol. The molecule has 0 saturated carbocycles. The summed E-state index contributed by atoms with van der Waals surface area (Å²) in [6, 6.07) is 10.9. The molecule has 3 rings (SSSR count). The van der Waals surface area contributed by atoms with Crippen molar-refractivity contribution in [3.63, 3.8) is 0 Å². The standard InChI is InChI=1S/C16H19NO2S/c1-12(16-4-3-9-20-16)17(2)11-13-5-6-14-15(10-13)19-8-7-18-14/h3-6,9-10,12H,7-8,11H2,1-2H3/t12-/m1/s1. The van der Waals surface area contributed by atoms with Gasteiger partial charge in [-0.15, -0.1) is 11.3 Å². The average molecular weight is 289 g/mol. The number of hydrogen-bond acceptors (Lipinski definition) is 4. The molecular weight excluding hydrogens is 270 g/mol. The molecule has 1 atom stereocenters. The van der Waals surface area contributed by atoms with Crippen LogP contribution in [0.5, 0.6) is 11.5 Å². The van der Waals surface area contributed by atoms with E-state index in [1.165, 1.54) is 10.4 Å². The molecule has 1 aromatic carbocycles. The van der Waals surface area contributed by atoms with Crippen molar-refractivity contribution in [1.29, 1.82) is 0 Å². The summed E-state index contributed by atoms with van der Waals surface area (Å²) in [7, 11) is 2.15. The van der Waals surface area contributed by atoms with E-state index < -0.39 is 0 Å². The molecule has 4 heteroatoms. The lowest BCUT2D eigenvalue weighted by Crippen LogP contribution is -2.21. The molecule has 3 nitrogen and oxygen atoms in total. The zero-order valence-electron chi connectivity index (χ0n) is 11.8. The van der Waals surface area contributed by atoms with Gasteiger partial charge in [-0.05, 0) is 43.1 Å². The van der Waals surface area contributed by atoms with Gasteiger partial charge in [0.25, 0.3) is 0 Å². The molecule has 0 bridgehead atoms. The summed E-state index contributed by atoms with van der Waals surface area (Å²) >= 11 is 1.81. The molecule has 1 aliphatic rings. The van der Waals surface area contributed by atoms with Gasteiger partial charge in [0.2, 0.25) is 0 Å². The number of hydrogen-bond donors (Lipinski definition) is 0. The van der Waals surface area contributed by atoms with Crippen LogP contribution in [0.3, 0.4) is 0 Å². The molecule has 0 fully saturated rings. The topological polar surface area (TPSA) is 21.7 Å². The fourth-order valence-electron chi connectivity index (χ4n) is 2.36. The Morgan fingerprint density at radius 2 is 2.00 bits per heavy atom. The molecule has 0 radical (unpaired) electrons. The first-order valence-electron chi connectivity index (χ1n) is 6.86. The summed E-state index contributed by atoms with van der Waals surface area (Å²) in [6.45, 7) is 4.42. The Hall–Kier alpha value is -1.52. The molecule has 0 unspecified atom stereocenters. The van der Waals surface area contributed by atoms with Crippen LogP contribution in [0, 0.1) is 0 Å². The molecule has 2 heterocycles. The first kappa shape index (κ1) is 13.5. The van der Waals surface area contributed by atoms with Crippen LogP contribution >= 0.6 is 11.3 Å². The Labute approximate surface area is 123 Å². The van der Waals surface area contributed by atoms with Gasteiger partial charge >= 0.3 is 0 Å². The lowest BCUT2D eigenvalue weighted by atomic mass is 10.1. The zero-order valence-corrected chi connectivity index (χ0v) is 12.7. The van der Waals surface area contributed by atoms with Crippen molar-refractivity contribution >= 4 is 11.3 Å². The quantitative estimate of drug-likeness (QED) is 0.856. The van der Waals surface area contributed by atoms with E-state index in [0.717, 1.165) is 18.0 Å². The molecule has 0 aliphatic carbocycles. The SMILES string of the molecule is C[C@H](c1cccs1)N(C)Cc1ccc2c(c1)OCCO2. The maximum absolute atomic E-state index is 5.64. The number of benzene rings is 1. The number of rotatable bonds is 4. The lowest BCUT2D eigenvalue weighted by Gasteiger charge is -2.25. The summed E-state index contributed by atoms with van der Waals surface area (Å²) in [6.07, 6.45) is 0. The minimum atomic E-state index is 0.420. The first-order valence-corrected chi connectivity index (χ1v) is 7.74. The summed E-state index contributed by atoms with van der Waals surface area (Å²) in [4.78, 5) is 3.74. The van der Waals surface area contributed by atoms with Crippen molar-refractivity contribution in [3.05, 3.63) is 46.2 Å². The Bertz CT molecular complexity index is 568. The average Bonchev–Trinajstić information content (AvgIpc) is 3.00. The van der Waals surface area contributed by atoms with Gasteiger partial charge in [0.15, 0.2) is 11.5 Å². The highest BCUT2D eigenvalue weighted by atomic mass is 32.1. The van der Waals surface area contributed by atoms with E-state index in [9.17, 15) is 0 Å². The molecule has 106 valence electrons. The van der Waals surface area contributed by atoms with E-state index in [1.807, 2.05) is 6.07 Å². The third-order valence-electron chi connectivity index (χ3n) is 3.65. The lowest BCUT2D eigenvalue weighted by molar-refractivity contribution is 0.171. The summed E-state index contributed by atoms with van der Waals surface area (Å²) in [5.41, 5.74) is 1.25. The Morgan fingerprint density at radius 1 is 1.20 bits per heavy atom. The van der Waals surface area contributed by atoms with Gasteiger partial charge in [0.05, 0.1) is 0 Å². The smallest absolute Gasteiger partial charge is 0.161 e. The molecular formula is C16H19NO2S. The van der Waals surface area contributed by atoms with Crippen molar-refractivity contribution in [3.8, 4) is 11.5 Å². The summed E-state index contributed by atoms with van der Waals surface area (Å²) in [5, 5.41) is 2.13. The summed E-state index contributed by atoms with van der Waals surface area (Å²) in [5.74, 6) is 1.72. The van der Waals surface area contributed by atoms with E-state index in [0.29, 0.717) is 19.3 Å². The third-order valence-corrected chi connectivity index (χ3v) is 4.70. The van der Waals surface area contributed by atoms with Crippen LogP contribution in [0.15, 0.2) is 35.7 Å². The van der Waals surface area contributed by atoms with E-state index in [1.54, 1.807) is 11.3 Å². The molecule has 20 heavy (non-hydrogen) atoms. The maximum atomic E-state index is 5.64. The first-order chi connectivity index (χ1) is 9.74. The van der Waals surface area contributed by atoms with Crippen LogP contribution in [-0.2, 0) is 6.54 Å². The number of fused-ring (bicyclic) bond motifs is 1. The zero-order chi connectivity index (χ0) is 13.9. The second-order valence-electron chi connectivity index (χ2n) is 5.08. The molecule has 0 spiro atoms. The van der Waals surface area contributed by atoms with Crippen molar-refractivity contribution < 1.29 is 9.47 Å². The highest BCUT2D eigenvalue weighted by molar-refractivity contribution is 7.10. The Kier molecular flexibility index (Phi) is 3.94. The van der Waals surface area contributed by atoms with E-state index >= 15 is 0 Å². The van der Waals surface area contributed by atoms with Crippen molar-refractivity contribution in [2.24, 2.45) is 0 Å². The van der Waals surface area contributed by atoms with Crippen LogP contribution in [0.4, 0.5) is 0 Å². The van der Waals surface area contributed by atoms with Crippen molar-refractivity contribution in [2.45, 2.75) is 19.5 Å². The molecule has 0 saturated heterocycles. The van der Waals surface area contributed by atoms with Crippen LogP contribution in [-0.4, -0.2) is 25.2 Å².